The number of nitrogens with zero attached hydrogens (tertiary/aromatic N) is 1. The maximum Gasteiger partial charge on any atom is 0.348 e. The molecule has 5 aromatic carbocycles. The Hall–Kier alpha value is -5.68. The third kappa shape index (κ3) is 4.39. The number of carbonyl (C=O) groups is 2. The van der Waals surface area contributed by atoms with E-state index in [0.717, 1.165) is 28.2 Å². The van der Waals surface area contributed by atoms with Crippen LogP contribution in [0.15, 0.2) is 151 Å². The summed E-state index contributed by atoms with van der Waals surface area (Å²) in [5.74, 6) is -0.756. The number of carbonyl (C=O) groups excluding carboxylic acids is 2. The Morgan fingerprint density at radius 1 is 0.366 bits per heavy atom. The Labute approximate surface area is 237 Å². The van der Waals surface area contributed by atoms with Gasteiger partial charge < -0.3 is 14.4 Å². The van der Waals surface area contributed by atoms with Gasteiger partial charge in [0, 0.05) is 28.2 Å². The molecule has 0 amide bonds. The van der Waals surface area contributed by atoms with E-state index in [-0.39, 0.29) is 22.7 Å². The molecular formula is C36H23NO4. The van der Waals surface area contributed by atoms with Crippen molar-refractivity contribution in [2.24, 2.45) is 0 Å². The molecule has 196 valence electrons. The molecule has 5 heteroatoms. The standard InChI is InChI=1S/C36H23NO4/c38-35-31-32(36(39)40-33(31)26-18-16-25(17-19-26)24-10-4-1-5-11-24)34(41-35)27-20-22-30(23-21-27)37(28-12-6-2-7-13-28)29-14-8-3-9-15-29/h1-23H. The summed E-state index contributed by atoms with van der Waals surface area (Å²) in [7, 11) is 0. The fourth-order valence-electron chi connectivity index (χ4n) is 5.22. The smallest absolute Gasteiger partial charge is 0.348 e. The zero-order valence-electron chi connectivity index (χ0n) is 21.9. The highest BCUT2D eigenvalue weighted by Crippen LogP contribution is 2.44. The molecular weight excluding hydrogens is 510 g/mol. The minimum Gasteiger partial charge on any atom is -0.421 e. The van der Waals surface area contributed by atoms with E-state index in [9.17, 15) is 9.59 Å². The third-order valence-corrected chi connectivity index (χ3v) is 7.17. The van der Waals surface area contributed by atoms with Crippen LogP contribution in [0.4, 0.5) is 17.1 Å². The summed E-state index contributed by atoms with van der Waals surface area (Å²) in [6.07, 6.45) is 0. The van der Waals surface area contributed by atoms with Crippen molar-refractivity contribution in [2.45, 2.75) is 0 Å². The van der Waals surface area contributed by atoms with Gasteiger partial charge >= 0.3 is 11.9 Å². The number of ether oxygens (including phenoxy) is 2. The van der Waals surface area contributed by atoms with Crippen molar-refractivity contribution in [1.29, 1.82) is 0 Å². The lowest BCUT2D eigenvalue weighted by Gasteiger charge is -2.25. The Kier molecular flexibility index (Phi) is 6.02. The van der Waals surface area contributed by atoms with Crippen molar-refractivity contribution in [3.8, 4) is 11.1 Å². The molecule has 0 aromatic heterocycles. The molecule has 0 N–H and O–H groups in total. The Morgan fingerprint density at radius 3 is 1.17 bits per heavy atom. The third-order valence-electron chi connectivity index (χ3n) is 7.17. The van der Waals surface area contributed by atoms with Crippen LogP contribution in [0.3, 0.4) is 0 Å². The molecule has 0 atom stereocenters. The predicted octanol–water partition coefficient (Wildman–Crippen LogP) is 8.06. The molecule has 0 saturated carbocycles. The first-order chi connectivity index (χ1) is 20.2. The second-order valence-electron chi connectivity index (χ2n) is 9.68. The fourth-order valence-corrected chi connectivity index (χ4v) is 5.22. The van der Waals surface area contributed by atoms with Crippen LogP contribution in [-0.4, -0.2) is 11.9 Å². The summed E-state index contributed by atoms with van der Waals surface area (Å²) in [6.45, 7) is 0. The van der Waals surface area contributed by atoms with Crippen LogP contribution in [0.1, 0.15) is 11.1 Å². The number of cyclic esters (lactones) is 2. The van der Waals surface area contributed by atoms with Crippen molar-refractivity contribution >= 4 is 40.5 Å². The van der Waals surface area contributed by atoms with Gasteiger partial charge in [0.1, 0.15) is 11.1 Å². The molecule has 0 unspecified atom stereocenters. The molecule has 7 rings (SSSR count). The number of esters is 2. The van der Waals surface area contributed by atoms with Gasteiger partial charge in [0.15, 0.2) is 11.5 Å². The highest BCUT2D eigenvalue weighted by atomic mass is 16.6. The SMILES string of the molecule is O=C1OC(c2ccc(N(c3ccccc3)c3ccccc3)cc2)=C2C(=O)OC(c3ccc(-c4ccccc4)cc3)=C12. The number of anilines is 3. The van der Waals surface area contributed by atoms with Crippen LogP contribution in [0.25, 0.3) is 22.6 Å². The summed E-state index contributed by atoms with van der Waals surface area (Å²) in [6, 6.07) is 45.3. The maximum absolute atomic E-state index is 13.0. The number of para-hydroxylation sites is 2. The lowest BCUT2D eigenvalue weighted by Crippen LogP contribution is -2.09. The van der Waals surface area contributed by atoms with Gasteiger partial charge in [-0.3, -0.25) is 0 Å². The summed E-state index contributed by atoms with van der Waals surface area (Å²) in [5, 5.41) is 0. The van der Waals surface area contributed by atoms with Crippen molar-refractivity contribution in [1.82, 2.24) is 0 Å². The molecule has 0 aliphatic carbocycles. The lowest BCUT2D eigenvalue weighted by molar-refractivity contribution is -0.131. The molecule has 0 radical (unpaired) electrons. The Bertz CT molecular complexity index is 1780. The first-order valence-electron chi connectivity index (χ1n) is 13.3. The molecule has 2 heterocycles. The first kappa shape index (κ1) is 24.4. The van der Waals surface area contributed by atoms with Crippen LogP contribution < -0.4 is 4.90 Å². The molecule has 0 saturated heterocycles. The van der Waals surface area contributed by atoms with E-state index in [4.69, 9.17) is 9.47 Å². The van der Waals surface area contributed by atoms with Gasteiger partial charge in [-0.15, -0.1) is 0 Å². The van der Waals surface area contributed by atoms with Crippen molar-refractivity contribution in [3.63, 3.8) is 0 Å². The summed E-state index contributed by atoms with van der Waals surface area (Å²) < 4.78 is 11.3. The molecule has 0 fully saturated rings. The first-order valence-corrected chi connectivity index (χ1v) is 13.3. The van der Waals surface area contributed by atoms with E-state index < -0.39 is 11.9 Å². The summed E-state index contributed by atoms with van der Waals surface area (Å²) in [5.41, 5.74) is 6.61. The molecule has 41 heavy (non-hydrogen) atoms. The van der Waals surface area contributed by atoms with Gasteiger partial charge in [0.05, 0.1) is 0 Å². The Morgan fingerprint density at radius 2 is 0.707 bits per heavy atom. The van der Waals surface area contributed by atoms with E-state index in [2.05, 4.69) is 4.90 Å². The number of hydrogen-bond donors (Lipinski definition) is 0. The van der Waals surface area contributed by atoms with E-state index in [1.807, 2.05) is 140 Å². The average Bonchev–Trinajstić information content (AvgIpc) is 3.57. The maximum atomic E-state index is 13.0. The topological polar surface area (TPSA) is 55.8 Å². The number of rotatable bonds is 6. The van der Waals surface area contributed by atoms with Gasteiger partial charge in [0.2, 0.25) is 0 Å². The quantitative estimate of drug-likeness (QED) is 0.207. The second-order valence-corrected chi connectivity index (χ2v) is 9.68. The monoisotopic (exact) mass is 533 g/mol. The average molecular weight is 534 g/mol. The van der Waals surface area contributed by atoms with E-state index >= 15 is 0 Å². The lowest BCUT2D eigenvalue weighted by atomic mass is 10.00. The second kappa shape index (κ2) is 10.1. The predicted molar refractivity (Wildman–Crippen MR) is 159 cm³/mol. The van der Waals surface area contributed by atoms with E-state index in [1.54, 1.807) is 0 Å². The van der Waals surface area contributed by atoms with Crippen LogP contribution in [0.5, 0.6) is 0 Å². The largest absolute Gasteiger partial charge is 0.421 e. The highest BCUT2D eigenvalue weighted by molar-refractivity contribution is 6.24. The molecule has 0 bridgehead atoms. The number of fused-ring (bicyclic) bond motifs is 1. The normalized spacial score (nSPS) is 14.1. The van der Waals surface area contributed by atoms with E-state index in [0.29, 0.717) is 11.1 Å². The minimum atomic E-state index is -0.595. The zero-order chi connectivity index (χ0) is 27.8. The van der Waals surface area contributed by atoms with Gasteiger partial charge in [-0.05, 0) is 59.7 Å². The van der Waals surface area contributed by atoms with Crippen LogP contribution in [0.2, 0.25) is 0 Å². The molecule has 5 aromatic rings. The summed E-state index contributed by atoms with van der Waals surface area (Å²) >= 11 is 0. The van der Waals surface area contributed by atoms with Crippen molar-refractivity contribution in [3.05, 3.63) is 162 Å². The minimum absolute atomic E-state index is 0.160. The molecule has 0 spiro atoms. The Balaban J connectivity index is 1.24. The van der Waals surface area contributed by atoms with Gasteiger partial charge in [-0.25, -0.2) is 9.59 Å². The van der Waals surface area contributed by atoms with Gasteiger partial charge in [-0.1, -0.05) is 91.0 Å². The van der Waals surface area contributed by atoms with Crippen molar-refractivity contribution < 1.29 is 19.1 Å². The fraction of sp³-hybridized carbons (Fsp3) is 0. The van der Waals surface area contributed by atoms with Crippen LogP contribution in [0, 0.1) is 0 Å². The molecule has 2 aliphatic rings. The van der Waals surface area contributed by atoms with Gasteiger partial charge in [-0.2, -0.15) is 0 Å². The number of benzene rings is 5. The zero-order valence-corrected chi connectivity index (χ0v) is 21.9. The number of hydrogen-bond acceptors (Lipinski definition) is 5. The highest BCUT2D eigenvalue weighted by Gasteiger charge is 2.45. The van der Waals surface area contributed by atoms with Gasteiger partial charge in [0.25, 0.3) is 0 Å². The molecule has 2 aliphatic heterocycles. The summed E-state index contributed by atoms with van der Waals surface area (Å²) in [4.78, 5) is 28.2. The molecule has 5 nitrogen and oxygen atoms in total. The van der Waals surface area contributed by atoms with Crippen molar-refractivity contribution in [2.75, 3.05) is 4.90 Å². The van der Waals surface area contributed by atoms with Crippen LogP contribution in [-0.2, 0) is 19.1 Å². The van der Waals surface area contributed by atoms with Crippen LogP contribution >= 0.6 is 0 Å². The van der Waals surface area contributed by atoms with E-state index in [1.165, 1.54) is 0 Å².